The number of aromatic nitrogens is 1. The van der Waals surface area contributed by atoms with Gasteiger partial charge in [-0.3, -0.25) is 4.98 Å². The van der Waals surface area contributed by atoms with Crippen molar-refractivity contribution in [3.63, 3.8) is 0 Å². The minimum Gasteiger partial charge on any atom is -0.264 e. The predicted molar refractivity (Wildman–Crippen MR) is 95.7 cm³/mol. The molecule has 0 saturated heterocycles. The van der Waals surface area contributed by atoms with Gasteiger partial charge in [0.2, 0.25) is 0 Å². The van der Waals surface area contributed by atoms with E-state index in [0.717, 1.165) is 12.8 Å². The second-order valence-electron chi connectivity index (χ2n) is 8.67. The monoisotopic (exact) mass is 297 g/mol. The van der Waals surface area contributed by atoms with Crippen LogP contribution in [0.5, 0.6) is 0 Å². The summed E-state index contributed by atoms with van der Waals surface area (Å²) in [6.45, 7) is 14.1. The van der Waals surface area contributed by atoms with Crippen LogP contribution in [0.3, 0.4) is 0 Å². The zero-order valence-electron chi connectivity index (χ0n) is 15.1. The minimum atomic E-state index is 0.274. The second-order valence-corrected chi connectivity index (χ2v) is 8.67. The molecule has 0 amide bonds. The van der Waals surface area contributed by atoms with Crippen LogP contribution in [0.15, 0.2) is 47.8 Å². The summed E-state index contributed by atoms with van der Waals surface area (Å²) < 4.78 is 0. The summed E-state index contributed by atoms with van der Waals surface area (Å²) in [4.78, 5) is 4.24. The van der Waals surface area contributed by atoms with Gasteiger partial charge < -0.3 is 0 Å². The molecule has 120 valence electrons. The van der Waals surface area contributed by atoms with Gasteiger partial charge in [0.15, 0.2) is 0 Å². The fraction of sp³-hybridized carbons (Fsp3) is 0.571. The van der Waals surface area contributed by atoms with Crippen LogP contribution >= 0.6 is 0 Å². The summed E-state index contributed by atoms with van der Waals surface area (Å²) >= 11 is 0. The smallest absolute Gasteiger partial charge is 0.0300 e. The fourth-order valence-corrected chi connectivity index (χ4v) is 3.36. The first-order valence-electron chi connectivity index (χ1n) is 8.46. The Morgan fingerprint density at radius 3 is 2.36 bits per heavy atom. The van der Waals surface area contributed by atoms with E-state index in [4.69, 9.17) is 0 Å². The Hall–Kier alpha value is -1.37. The molecule has 1 aromatic heterocycles. The largest absolute Gasteiger partial charge is 0.264 e. The number of allylic oxidation sites excluding steroid dienone is 4. The maximum Gasteiger partial charge on any atom is 0.0300 e. The molecule has 1 nitrogen and oxygen atoms in total. The average Bonchev–Trinajstić information content (AvgIpc) is 2.40. The van der Waals surface area contributed by atoms with Gasteiger partial charge in [-0.15, -0.1) is 0 Å². The fourth-order valence-electron chi connectivity index (χ4n) is 3.36. The Bertz CT molecular complexity index is 555. The highest BCUT2D eigenvalue weighted by Gasteiger charge is 2.27. The molecule has 0 bridgehead atoms. The topological polar surface area (TPSA) is 12.9 Å². The molecule has 1 atom stereocenters. The molecule has 0 fully saturated rings. The van der Waals surface area contributed by atoms with Crippen LogP contribution in [0.4, 0.5) is 0 Å². The van der Waals surface area contributed by atoms with Crippen LogP contribution in [0.2, 0.25) is 0 Å². The number of pyridine rings is 1. The van der Waals surface area contributed by atoms with Gasteiger partial charge in [0.05, 0.1) is 0 Å². The number of rotatable bonds is 4. The van der Waals surface area contributed by atoms with E-state index in [1.807, 2.05) is 18.5 Å². The third kappa shape index (κ3) is 4.56. The van der Waals surface area contributed by atoms with E-state index in [0.29, 0.717) is 11.3 Å². The van der Waals surface area contributed by atoms with Gasteiger partial charge in [0.25, 0.3) is 0 Å². The van der Waals surface area contributed by atoms with Crippen molar-refractivity contribution in [1.82, 2.24) is 4.98 Å². The van der Waals surface area contributed by atoms with Crippen LogP contribution in [-0.4, -0.2) is 4.98 Å². The standard InChI is InChI=1S/C21H31N/c1-16-12-19(20(2,3)4)10-9-18(16)14-21(5,6)13-17-8-7-11-22-15-17/h7-11,15-16H,12-14H2,1-6H3. The van der Waals surface area contributed by atoms with Crippen LogP contribution in [-0.2, 0) is 6.42 Å². The van der Waals surface area contributed by atoms with Crippen molar-refractivity contribution in [1.29, 1.82) is 0 Å². The molecular weight excluding hydrogens is 266 g/mol. The molecule has 1 aliphatic rings. The Kier molecular flexibility index (Phi) is 4.94. The lowest BCUT2D eigenvalue weighted by atomic mass is 9.72. The molecule has 0 radical (unpaired) electrons. The molecule has 1 aromatic rings. The first-order chi connectivity index (χ1) is 10.2. The molecule has 0 aromatic carbocycles. The van der Waals surface area contributed by atoms with Gasteiger partial charge in [-0.1, -0.05) is 70.9 Å². The first kappa shape index (κ1) is 17.0. The lowest BCUT2D eigenvalue weighted by Crippen LogP contribution is -2.21. The van der Waals surface area contributed by atoms with Crippen molar-refractivity contribution in [2.45, 2.75) is 60.8 Å². The van der Waals surface area contributed by atoms with Crippen molar-refractivity contribution in [2.24, 2.45) is 16.7 Å². The van der Waals surface area contributed by atoms with Crippen LogP contribution < -0.4 is 0 Å². The van der Waals surface area contributed by atoms with Gasteiger partial charge in [-0.2, -0.15) is 0 Å². The molecule has 0 N–H and O–H groups in total. The molecule has 1 unspecified atom stereocenters. The predicted octanol–water partition coefficient (Wildman–Crippen LogP) is 5.98. The third-order valence-electron chi connectivity index (χ3n) is 4.71. The Balaban J connectivity index is 2.09. The Morgan fingerprint density at radius 2 is 1.82 bits per heavy atom. The van der Waals surface area contributed by atoms with E-state index in [1.54, 1.807) is 11.1 Å². The van der Waals surface area contributed by atoms with Gasteiger partial charge in [-0.05, 0) is 47.6 Å². The highest BCUT2D eigenvalue weighted by Crippen LogP contribution is 2.40. The average molecular weight is 297 g/mol. The van der Waals surface area contributed by atoms with Crippen LogP contribution in [0.1, 0.15) is 59.9 Å². The zero-order valence-corrected chi connectivity index (χ0v) is 15.1. The van der Waals surface area contributed by atoms with E-state index in [2.05, 4.69) is 64.7 Å². The number of nitrogens with zero attached hydrogens (tertiary/aromatic N) is 1. The first-order valence-corrected chi connectivity index (χ1v) is 8.46. The molecule has 1 heteroatoms. The molecule has 0 spiro atoms. The molecule has 1 heterocycles. The van der Waals surface area contributed by atoms with E-state index in [-0.39, 0.29) is 5.41 Å². The van der Waals surface area contributed by atoms with E-state index in [9.17, 15) is 0 Å². The third-order valence-corrected chi connectivity index (χ3v) is 4.71. The van der Waals surface area contributed by atoms with Crippen molar-refractivity contribution < 1.29 is 0 Å². The summed E-state index contributed by atoms with van der Waals surface area (Å²) in [5, 5.41) is 0. The highest BCUT2D eigenvalue weighted by atomic mass is 14.6. The second kappa shape index (κ2) is 6.40. The zero-order chi connectivity index (χ0) is 16.4. The molecular formula is C21H31N. The maximum atomic E-state index is 4.24. The molecule has 1 aliphatic carbocycles. The lowest BCUT2D eigenvalue weighted by Gasteiger charge is -2.33. The summed E-state index contributed by atoms with van der Waals surface area (Å²) in [5.41, 5.74) is 5.08. The van der Waals surface area contributed by atoms with Gasteiger partial charge >= 0.3 is 0 Å². The Morgan fingerprint density at radius 1 is 1.09 bits per heavy atom. The minimum absolute atomic E-state index is 0.274. The summed E-state index contributed by atoms with van der Waals surface area (Å²) in [6.07, 6.45) is 12.1. The van der Waals surface area contributed by atoms with E-state index >= 15 is 0 Å². The van der Waals surface area contributed by atoms with Gasteiger partial charge in [0, 0.05) is 12.4 Å². The summed E-state index contributed by atoms with van der Waals surface area (Å²) in [5.74, 6) is 0.660. The van der Waals surface area contributed by atoms with E-state index < -0.39 is 0 Å². The molecule has 22 heavy (non-hydrogen) atoms. The van der Waals surface area contributed by atoms with Gasteiger partial charge in [0.1, 0.15) is 0 Å². The normalized spacial score (nSPS) is 19.6. The molecule has 2 rings (SSSR count). The summed E-state index contributed by atoms with van der Waals surface area (Å²) in [6, 6.07) is 4.22. The van der Waals surface area contributed by atoms with Crippen molar-refractivity contribution in [2.75, 3.05) is 0 Å². The summed E-state index contributed by atoms with van der Waals surface area (Å²) in [7, 11) is 0. The van der Waals surface area contributed by atoms with Crippen LogP contribution in [0, 0.1) is 16.7 Å². The number of hydrogen-bond donors (Lipinski definition) is 0. The van der Waals surface area contributed by atoms with Crippen molar-refractivity contribution >= 4 is 0 Å². The highest BCUT2D eigenvalue weighted by molar-refractivity contribution is 5.30. The lowest BCUT2D eigenvalue weighted by molar-refractivity contribution is 0.340. The Labute approximate surface area is 136 Å². The van der Waals surface area contributed by atoms with E-state index in [1.165, 1.54) is 12.0 Å². The molecule has 0 saturated carbocycles. The van der Waals surface area contributed by atoms with Crippen molar-refractivity contribution in [3.8, 4) is 0 Å². The van der Waals surface area contributed by atoms with Crippen LogP contribution in [0.25, 0.3) is 0 Å². The quantitative estimate of drug-likeness (QED) is 0.666. The SMILES string of the molecule is CC1CC(C(C)(C)C)=CC=C1CC(C)(C)Cc1cccnc1. The maximum absolute atomic E-state index is 4.24. The van der Waals surface area contributed by atoms with Gasteiger partial charge in [-0.25, -0.2) is 0 Å². The number of hydrogen-bond acceptors (Lipinski definition) is 1. The molecule has 0 aliphatic heterocycles. The van der Waals surface area contributed by atoms with Crippen molar-refractivity contribution in [3.05, 3.63) is 53.4 Å².